The van der Waals surface area contributed by atoms with Gasteiger partial charge in [-0.3, -0.25) is 4.98 Å². The largest absolute Gasteiger partial charge is 0.378 e. The minimum Gasteiger partial charge on any atom is -0.378 e. The lowest BCUT2D eigenvalue weighted by molar-refractivity contribution is -0.0245. The Morgan fingerprint density at radius 2 is 2.14 bits per heavy atom. The van der Waals surface area contributed by atoms with Crippen LogP contribution in [0.5, 0.6) is 0 Å². The van der Waals surface area contributed by atoms with E-state index in [1.807, 2.05) is 12.3 Å². The Bertz CT molecular complexity index is 591. The fourth-order valence-corrected chi connectivity index (χ4v) is 3.04. The fraction of sp³-hybridized carbons (Fsp3) is 0.500. The Kier molecular flexibility index (Phi) is 4.51. The number of fused-ring (bicyclic) bond motifs is 1. The van der Waals surface area contributed by atoms with Crippen LogP contribution in [-0.2, 0) is 11.3 Å². The van der Waals surface area contributed by atoms with Crippen molar-refractivity contribution in [2.45, 2.75) is 45.4 Å². The Hall–Kier alpha value is -1.45. The lowest BCUT2D eigenvalue weighted by Crippen LogP contribution is -2.40. The molecule has 1 N–H and O–H groups in total. The van der Waals surface area contributed by atoms with E-state index in [4.69, 9.17) is 4.74 Å². The Labute approximate surface area is 126 Å². The first-order valence-corrected chi connectivity index (χ1v) is 7.91. The van der Waals surface area contributed by atoms with E-state index in [-0.39, 0.29) is 0 Å². The minimum atomic E-state index is 0.391. The highest BCUT2D eigenvalue weighted by Gasteiger charge is 2.24. The molecule has 0 bridgehead atoms. The van der Waals surface area contributed by atoms with Gasteiger partial charge in [-0.2, -0.15) is 0 Å². The number of hydrogen-bond acceptors (Lipinski definition) is 3. The molecule has 0 saturated carbocycles. The van der Waals surface area contributed by atoms with Crippen molar-refractivity contribution in [3.05, 3.63) is 42.1 Å². The van der Waals surface area contributed by atoms with Crippen LogP contribution in [0.3, 0.4) is 0 Å². The average Bonchev–Trinajstić information content (AvgIpc) is 2.53. The van der Waals surface area contributed by atoms with Gasteiger partial charge >= 0.3 is 0 Å². The number of benzene rings is 1. The van der Waals surface area contributed by atoms with Gasteiger partial charge in [0.05, 0.1) is 11.6 Å². The van der Waals surface area contributed by atoms with Gasteiger partial charge in [-0.05, 0) is 30.4 Å². The zero-order valence-corrected chi connectivity index (χ0v) is 12.9. The summed E-state index contributed by atoms with van der Waals surface area (Å²) in [7, 11) is 0. The molecule has 2 heterocycles. The Balaban J connectivity index is 1.66. The first kappa shape index (κ1) is 14.5. The Morgan fingerprint density at radius 3 is 3.00 bits per heavy atom. The highest BCUT2D eigenvalue weighted by atomic mass is 16.5. The van der Waals surface area contributed by atoms with Crippen LogP contribution >= 0.6 is 0 Å². The summed E-state index contributed by atoms with van der Waals surface area (Å²) in [6, 6.07) is 11.1. The van der Waals surface area contributed by atoms with Gasteiger partial charge in [-0.15, -0.1) is 0 Å². The number of ether oxygens (including phenoxy) is 1. The van der Waals surface area contributed by atoms with Crippen molar-refractivity contribution in [2.24, 2.45) is 5.92 Å². The van der Waals surface area contributed by atoms with Crippen molar-refractivity contribution < 1.29 is 4.74 Å². The van der Waals surface area contributed by atoms with Gasteiger partial charge < -0.3 is 10.1 Å². The number of para-hydroxylation sites is 1. The average molecular weight is 284 g/mol. The zero-order valence-electron chi connectivity index (χ0n) is 12.9. The maximum Gasteiger partial charge on any atom is 0.0746 e. The van der Waals surface area contributed by atoms with E-state index in [0.29, 0.717) is 18.1 Å². The molecule has 3 nitrogen and oxygen atoms in total. The molecule has 2 aromatic rings. The normalized spacial score (nSPS) is 22.8. The fourth-order valence-electron chi connectivity index (χ4n) is 3.04. The third-order valence-electron chi connectivity index (χ3n) is 4.36. The predicted octanol–water partition coefficient (Wildman–Crippen LogP) is 3.53. The molecule has 112 valence electrons. The van der Waals surface area contributed by atoms with Crippen molar-refractivity contribution in [2.75, 3.05) is 6.61 Å². The van der Waals surface area contributed by atoms with Crippen LogP contribution in [0.1, 0.15) is 32.3 Å². The highest BCUT2D eigenvalue weighted by molar-refractivity contribution is 5.81. The first-order chi connectivity index (χ1) is 10.2. The van der Waals surface area contributed by atoms with E-state index in [9.17, 15) is 0 Å². The van der Waals surface area contributed by atoms with E-state index in [2.05, 4.69) is 48.4 Å². The minimum absolute atomic E-state index is 0.391. The summed E-state index contributed by atoms with van der Waals surface area (Å²) in [6.07, 6.45) is 4.47. The molecule has 1 aromatic heterocycles. The van der Waals surface area contributed by atoms with Crippen LogP contribution < -0.4 is 5.32 Å². The van der Waals surface area contributed by atoms with E-state index in [1.54, 1.807) is 0 Å². The molecule has 1 saturated heterocycles. The molecule has 3 heteroatoms. The molecule has 1 aliphatic rings. The summed E-state index contributed by atoms with van der Waals surface area (Å²) in [5.41, 5.74) is 2.39. The summed E-state index contributed by atoms with van der Waals surface area (Å²) in [4.78, 5) is 4.52. The number of hydrogen-bond donors (Lipinski definition) is 1. The van der Waals surface area contributed by atoms with Crippen molar-refractivity contribution in [1.82, 2.24) is 10.3 Å². The first-order valence-electron chi connectivity index (χ1n) is 7.91. The quantitative estimate of drug-likeness (QED) is 0.932. The molecule has 2 unspecified atom stereocenters. The van der Waals surface area contributed by atoms with Crippen molar-refractivity contribution in [3.63, 3.8) is 0 Å². The monoisotopic (exact) mass is 284 g/mol. The van der Waals surface area contributed by atoms with Crippen LogP contribution in [0.4, 0.5) is 0 Å². The van der Waals surface area contributed by atoms with Crippen LogP contribution in [-0.4, -0.2) is 23.7 Å². The molecule has 1 aromatic carbocycles. The molecular formula is C18H24N2O. The van der Waals surface area contributed by atoms with Gasteiger partial charge in [0.25, 0.3) is 0 Å². The Morgan fingerprint density at radius 1 is 1.29 bits per heavy atom. The van der Waals surface area contributed by atoms with Crippen LogP contribution in [0.15, 0.2) is 36.5 Å². The summed E-state index contributed by atoms with van der Waals surface area (Å²) in [5, 5.41) is 4.91. The maximum absolute atomic E-state index is 5.84. The molecule has 3 rings (SSSR count). The number of nitrogens with one attached hydrogen (secondary N) is 1. The van der Waals surface area contributed by atoms with Crippen molar-refractivity contribution in [1.29, 1.82) is 0 Å². The van der Waals surface area contributed by atoms with E-state index in [1.165, 1.54) is 10.9 Å². The molecule has 0 spiro atoms. The summed E-state index contributed by atoms with van der Waals surface area (Å²) >= 11 is 0. The smallest absolute Gasteiger partial charge is 0.0746 e. The lowest BCUT2D eigenvalue weighted by atomic mass is 9.95. The molecular weight excluding hydrogens is 260 g/mol. The third kappa shape index (κ3) is 3.42. The number of nitrogens with zero attached hydrogens (tertiary/aromatic N) is 1. The maximum atomic E-state index is 5.84. The van der Waals surface area contributed by atoms with Crippen molar-refractivity contribution in [3.8, 4) is 0 Å². The second-order valence-corrected chi connectivity index (χ2v) is 6.25. The van der Waals surface area contributed by atoms with Gasteiger partial charge in [0.15, 0.2) is 0 Å². The topological polar surface area (TPSA) is 34.2 Å². The second kappa shape index (κ2) is 6.54. The van der Waals surface area contributed by atoms with Crippen LogP contribution in [0, 0.1) is 5.92 Å². The van der Waals surface area contributed by atoms with E-state index < -0.39 is 0 Å². The van der Waals surface area contributed by atoms with Gasteiger partial charge in [0, 0.05) is 30.8 Å². The number of aromatic nitrogens is 1. The molecule has 0 radical (unpaired) electrons. The lowest BCUT2D eigenvalue weighted by Gasteiger charge is -2.32. The molecule has 0 aliphatic carbocycles. The van der Waals surface area contributed by atoms with Crippen molar-refractivity contribution >= 4 is 10.9 Å². The van der Waals surface area contributed by atoms with Gasteiger partial charge in [-0.1, -0.05) is 38.1 Å². The summed E-state index contributed by atoms with van der Waals surface area (Å²) < 4.78 is 5.84. The van der Waals surface area contributed by atoms with Gasteiger partial charge in [0.1, 0.15) is 0 Å². The number of rotatable bonds is 4. The van der Waals surface area contributed by atoms with Crippen LogP contribution in [0.2, 0.25) is 0 Å². The van der Waals surface area contributed by atoms with Gasteiger partial charge in [0.2, 0.25) is 0 Å². The molecule has 21 heavy (non-hydrogen) atoms. The third-order valence-corrected chi connectivity index (χ3v) is 4.36. The van der Waals surface area contributed by atoms with Crippen LogP contribution in [0.25, 0.3) is 10.9 Å². The predicted molar refractivity (Wildman–Crippen MR) is 86.2 cm³/mol. The number of pyridine rings is 1. The molecule has 1 aliphatic heterocycles. The van der Waals surface area contributed by atoms with Gasteiger partial charge in [-0.25, -0.2) is 0 Å². The molecule has 0 amide bonds. The standard InChI is InChI=1S/C18H24N2O/c1-13(2)17-11-16(8-10-21-17)20-12-15-6-3-5-14-7-4-9-19-18(14)15/h3-7,9,13,16-17,20H,8,10-12H2,1-2H3. The SMILES string of the molecule is CC(C)C1CC(NCc2cccc3cccnc23)CCO1. The highest BCUT2D eigenvalue weighted by Crippen LogP contribution is 2.21. The molecule has 2 atom stereocenters. The summed E-state index contributed by atoms with van der Waals surface area (Å²) in [5.74, 6) is 0.592. The summed E-state index contributed by atoms with van der Waals surface area (Å²) in [6.45, 7) is 6.22. The van der Waals surface area contributed by atoms with E-state index >= 15 is 0 Å². The van der Waals surface area contributed by atoms with E-state index in [0.717, 1.165) is 31.5 Å². The zero-order chi connectivity index (χ0) is 14.7. The molecule has 1 fully saturated rings. The second-order valence-electron chi connectivity index (χ2n) is 6.25.